The van der Waals surface area contributed by atoms with Crippen LogP contribution >= 0.6 is 12.6 Å². The van der Waals surface area contributed by atoms with Crippen molar-refractivity contribution in [1.82, 2.24) is 0 Å². The normalized spacial score (nSPS) is 13.4. The van der Waals surface area contributed by atoms with Crippen LogP contribution in [-0.4, -0.2) is 31.5 Å². The Hall–Kier alpha value is 0.230. The molecule has 1 atom stereocenters. The summed E-state index contributed by atoms with van der Waals surface area (Å²) in [5.74, 6) is 1.06. The van der Waals surface area contributed by atoms with Gasteiger partial charge in [-0.25, -0.2) is 0 Å². The molecule has 23 heavy (non-hydrogen) atoms. The van der Waals surface area contributed by atoms with Crippen LogP contribution < -0.4 is 0 Å². The number of ether oxygens (including phenoxy) is 3. The molecule has 0 amide bonds. The Morgan fingerprint density at radius 1 is 0.739 bits per heavy atom. The van der Waals surface area contributed by atoms with E-state index in [1.165, 1.54) is 44.9 Å². The predicted octanol–water partition coefficient (Wildman–Crippen LogP) is 5.83. The van der Waals surface area contributed by atoms with E-state index in [0.29, 0.717) is 19.8 Å². The Bertz CT molecular complexity index is 232. The quantitative estimate of drug-likeness (QED) is 0.204. The van der Waals surface area contributed by atoms with E-state index in [1.807, 2.05) is 20.8 Å². The zero-order valence-corrected chi connectivity index (χ0v) is 16.8. The van der Waals surface area contributed by atoms with Gasteiger partial charge in [0, 0.05) is 26.2 Å². The maximum Gasteiger partial charge on any atom is 0.282 e. The van der Waals surface area contributed by atoms with Crippen LogP contribution in [0.2, 0.25) is 0 Å². The second-order valence-electron chi connectivity index (χ2n) is 6.10. The standard InChI is InChI=1S/C19H40O3S/c1-5-13-18(15-12-17-23)14-10-9-11-16-19(20-6-2,21-7-3)22-8-4/h18,23H,5-17H2,1-4H3. The number of unbranched alkanes of at least 4 members (excludes halogenated alkanes) is 2. The van der Waals surface area contributed by atoms with Gasteiger partial charge in [-0.3, -0.25) is 0 Å². The van der Waals surface area contributed by atoms with Gasteiger partial charge in [-0.2, -0.15) is 12.6 Å². The van der Waals surface area contributed by atoms with Gasteiger partial charge in [0.1, 0.15) is 0 Å². The zero-order valence-electron chi connectivity index (χ0n) is 15.9. The van der Waals surface area contributed by atoms with Crippen molar-refractivity contribution in [3.63, 3.8) is 0 Å². The molecule has 0 radical (unpaired) electrons. The molecule has 4 heteroatoms. The van der Waals surface area contributed by atoms with Gasteiger partial charge in [0.15, 0.2) is 0 Å². The van der Waals surface area contributed by atoms with Gasteiger partial charge in [-0.15, -0.1) is 0 Å². The van der Waals surface area contributed by atoms with E-state index in [2.05, 4.69) is 19.6 Å². The number of hydrogen-bond acceptors (Lipinski definition) is 4. The van der Waals surface area contributed by atoms with Crippen molar-refractivity contribution in [2.24, 2.45) is 5.92 Å². The van der Waals surface area contributed by atoms with Gasteiger partial charge < -0.3 is 14.2 Å². The molecule has 0 aromatic rings. The molecule has 0 heterocycles. The van der Waals surface area contributed by atoms with E-state index in [4.69, 9.17) is 14.2 Å². The second-order valence-corrected chi connectivity index (χ2v) is 6.55. The maximum atomic E-state index is 5.78. The topological polar surface area (TPSA) is 27.7 Å². The third-order valence-electron chi connectivity index (χ3n) is 4.16. The average molecular weight is 349 g/mol. The van der Waals surface area contributed by atoms with E-state index in [9.17, 15) is 0 Å². The minimum absolute atomic E-state index is 0.613. The summed E-state index contributed by atoms with van der Waals surface area (Å²) in [7, 11) is 0. The van der Waals surface area contributed by atoms with Gasteiger partial charge in [0.05, 0.1) is 0 Å². The first-order valence-corrected chi connectivity index (χ1v) is 10.3. The van der Waals surface area contributed by atoms with Crippen molar-refractivity contribution in [1.29, 1.82) is 0 Å². The Balaban J connectivity index is 4.11. The van der Waals surface area contributed by atoms with Gasteiger partial charge in [0.25, 0.3) is 5.97 Å². The molecule has 0 spiro atoms. The number of thiol groups is 1. The molecular formula is C19H40O3S. The molecule has 0 fully saturated rings. The van der Waals surface area contributed by atoms with Gasteiger partial charge >= 0.3 is 0 Å². The van der Waals surface area contributed by atoms with Crippen LogP contribution in [0.4, 0.5) is 0 Å². The fourth-order valence-corrected chi connectivity index (χ4v) is 3.36. The second kappa shape index (κ2) is 15.7. The van der Waals surface area contributed by atoms with E-state index in [0.717, 1.165) is 24.5 Å². The monoisotopic (exact) mass is 348 g/mol. The van der Waals surface area contributed by atoms with Crippen LogP contribution in [0.3, 0.4) is 0 Å². The van der Waals surface area contributed by atoms with Crippen LogP contribution in [0.5, 0.6) is 0 Å². The van der Waals surface area contributed by atoms with Gasteiger partial charge in [-0.1, -0.05) is 39.0 Å². The Morgan fingerprint density at radius 3 is 1.78 bits per heavy atom. The fourth-order valence-electron chi connectivity index (χ4n) is 3.17. The molecule has 1 unspecified atom stereocenters. The Kier molecular flexibility index (Phi) is 15.9. The smallest absolute Gasteiger partial charge is 0.282 e. The van der Waals surface area contributed by atoms with E-state index < -0.39 is 5.97 Å². The molecule has 140 valence electrons. The van der Waals surface area contributed by atoms with Crippen molar-refractivity contribution in [2.45, 2.75) is 91.5 Å². The van der Waals surface area contributed by atoms with Crippen molar-refractivity contribution >= 4 is 12.6 Å². The molecule has 0 aliphatic heterocycles. The molecule has 0 rings (SSSR count). The lowest BCUT2D eigenvalue weighted by atomic mass is 9.92. The lowest BCUT2D eigenvalue weighted by molar-refractivity contribution is -0.380. The van der Waals surface area contributed by atoms with Crippen LogP contribution in [-0.2, 0) is 14.2 Å². The Morgan fingerprint density at radius 2 is 1.30 bits per heavy atom. The molecule has 0 saturated heterocycles. The highest BCUT2D eigenvalue weighted by Crippen LogP contribution is 2.26. The summed E-state index contributed by atoms with van der Waals surface area (Å²) < 4.78 is 17.3. The van der Waals surface area contributed by atoms with E-state index in [-0.39, 0.29) is 0 Å². The van der Waals surface area contributed by atoms with Crippen molar-refractivity contribution in [2.75, 3.05) is 25.6 Å². The molecule has 0 aromatic carbocycles. The average Bonchev–Trinajstić information content (AvgIpc) is 2.53. The molecule has 0 aliphatic rings. The van der Waals surface area contributed by atoms with Gasteiger partial charge in [-0.05, 0) is 51.7 Å². The molecular weight excluding hydrogens is 308 g/mol. The minimum atomic E-state index is -0.826. The summed E-state index contributed by atoms with van der Waals surface area (Å²) in [6.07, 6.45) is 11.0. The van der Waals surface area contributed by atoms with E-state index >= 15 is 0 Å². The zero-order chi connectivity index (χ0) is 17.4. The summed E-state index contributed by atoms with van der Waals surface area (Å²) in [6.45, 7) is 10.1. The summed E-state index contributed by atoms with van der Waals surface area (Å²) in [5, 5.41) is 0. The predicted molar refractivity (Wildman–Crippen MR) is 102 cm³/mol. The highest BCUT2D eigenvalue weighted by atomic mass is 32.1. The summed E-state index contributed by atoms with van der Waals surface area (Å²) >= 11 is 4.34. The van der Waals surface area contributed by atoms with Crippen LogP contribution in [0.25, 0.3) is 0 Å². The fraction of sp³-hybridized carbons (Fsp3) is 1.00. The van der Waals surface area contributed by atoms with Gasteiger partial charge in [0.2, 0.25) is 0 Å². The third kappa shape index (κ3) is 11.4. The highest BCUT2D eigenvalue weighted by molar-refractivity contribution is 7.80. The molecule has 3 nitrogen and oxygen atoms in total. The molecule has 0 saturated carbocycles. The highest BCUT2D eigenvalue weighted by Gasteiger charge is 2.31. The molecule has 0 aliphatic carbocycles. The SMILES string of the molecule is CCCC(CCCS)CCCCCC(OCC)(OCC)OCC. The molecule has 0 bridgehead atoms. The first kappa shape index (κ1) is 23.2. The van der Waals surface area contributed by atoms with Crippen LogP contribution in [0.15, 0.2) is 0 Å². The van der Waals surface area contributed by atoms with Crippen LogP contribution in [0, 0.1) is 5.92 Å². The summed E-state index contributed by atoms with van der Waals surface area (Å²) in [5.41, 5.74) is 0. The first-order valence-electron chi connectivity index (χ1n) is 9.70. The summed E-state index contributed by atoms with van der Waals surface area (Å²) in [6, 6.07) is 0. The maximum absolute atomic E-state index is 5.78. The number of rotatable bonds is 17. The molecule has 0 aromatic heterocycles. The molecule has 0 N–H and O–H groups in total. The first-order chi connectivity index (χ1) is 11.2. The third-order valence-corrected chi connectivity index (χ3v) is 4.47. The Labute approximate surface area is 150 Å². The van der Waals surface area contributed by atoms with Crippen molar-refractivity contribution in [3.05, 3.63) is 0 Å². The van der Waals surface area contributed by atoms with Crippen molar-refractivity contribution in [3.8, 4) is 0 Å². The lowest BCUT2D eigenvalue weighted by Crippen LogP contribution is -2.39. The minimum Gasteiger partial charge on any atom is -0.328 e. The largest absolute Gasteiger partial charge is 0.328 e. The summed E-state index contributed by atoms with van der Waals surface area (Å²) in [4.78, 5) is 0. The van der Waals surface area contributed by atoms with E-state index in [1.54, 1.807) is 0 Å². The van der Waals surface area contributed by atoms with Crippen molar-refractivity contribution < 1.29 is 14.2 Å². The lowest BCUT2D eigenvalue weighted by Gasteiger charge is -2.32. The van der Waals surface area contributed by atoms with Crippen LogP contribution in [0.1, 0.15) is 85.5 Å². The number of hydrogen-bond donors (Lipinski definition) is 1.